The van der Waals surface area contributed by atoms with Crippen molar-refractivity contribution in [1.29, 1.82) is 0 Å². The van der Waals surface area contributed by atoms with Gasteiger partial charge in [-0.2, -0.15) is 0 Å². The van der Waals surface area contributed by atoms with Crippen molar-refractivity contribution in [2.45, 2.75) is 24.8 Å². The highest BCUT2D eigenvalue weighted by Crippen LogP contribution is 2.49. The Morgan fingerprint density at radius 1 is 1.19 bits per heavy atom. The second-order valence-corrected chi connectivity index (χ2v) is 6.97. The summed E-state index contributed by atoms with van der Waals surface area (Å²) >= 11 is 0. The van der Waals surface area contributed by atoms with Gasteiger partial charge in [-0.15, -0.1) is 0 Å². The molecule has 0 amide bonds. The number of ether oxygens (including phenoxy) is 1. The van der Waals surface area contributed by atoms with E-state index in [1.807, 2.05) is 24.3 Å². The van der Waals surface area contributed by atoms with Gasteiger partial charge in [-0.05, 0) is 54.6 Å². The maximum absolute atomic E-state index is 12.3. The van der Waals surface area contributed by atoms with Crippen LogP contribution in [-0.4, -0.2) is 19.1 Å². The fraction of sp³-hybridized carbons (Fsp3) is 0.318. The number of anilines is 1. The van der Waals surface area contributed by atoms with Gasteiger partial charge in [-0.1, -0.05) is 42.5 Å². The van der Waals surface area contributed by atoms with E-state index in [1.54, 1.807) is 0 Å². The van der Waals surface area contributed by atoms with Crippen molar-refractivity contribution in [3.05, 3.63) is 77.4 Å². The van der Waals surface area contributed by atoms with E-state index in [4.69, 9.17) is 10.5 Å². The fourth-order valence-corrected chi connectivity index (χ4v) is 4.04. The maximum Gasteiger partial charge on any atom is 0.338 e. The summed E-state index contributed by atoms with van der Waals surface area (Å²) in [6, 6.07) is 16.7. The molecule has 1 aliphatic carbocycles. The molecule has 134 valence electrons. The van der Waals surface area contributed by atoms with E-state index in [-0.39, 0.29) is 12.0 Å². The number of nitrogens with two attached hydrogens (primary N) is 1. The number of benzene rings is 2. The lowest BCUT2D eigenvalue weighted by molar-refractivity contribution is 0.0503. The van der Waals surface area contributed by atoms with Crippen molar-refractivity contribution in [2.75, 3.05) is 18.5 Å². The molecule has 4 nitrogen and oxygen atoms in total. The van der Waals surface area contributed by atoms with E-state index < -0.39 is 0 Å². The van der Waals surface area contributed by atoms with E-state index in [0.717, 1.165) is 12.1 Å². The standard InChI is InChI=1S/C22H24N2O2/c23-12-5-13-26-22(25)16-10-11-20-19(14-16)17-8-4-9-18(17)21(24-20)15-6-2-1-3-7-15/h1-4,6-8,10-11,14,17-18,21,24H,5,9,12-13,23H2. The Kier molecular flexibility index (Phi) is 4.76. The Morgan fingerprint density at radius 3 is 2.85 bits per heavy atom. The third-order valence-electron chi connectivity index (χ3n) is 5.34. The molecule has 26 heavy (non-hydrogen) atoms. The van der Waals surface area contributed by atoms with E-state index in [1.165, 1.54) is 11.1 Å². The van der Waals surface area contributed by atoms with Crippen LogP contribution in [0.4, 0.5) is 5.69 Å². The number of esters is 1. The SMILES string of the molecule is NCCCOC(=O)c1ccc2c(c1)C1C=CCC1C(c1ccccc1)N2. The predicted molar refractivity (Wildman–Crippen MR) is 103 cm³/mol. The minimum atomic E-state index is -0.273. The number of fused-ring (bicyclic) bond motifs is 3. The van der Waals surface area contributed by atoms with Gasteiger partial charge in [0.1, 0.15) is 0 Å². The number of nitrogens with one attached hydrogen (secondary N) is 1. The highest BCUT2D eigenvalue weighted by Gasteiger charge is 2.38. The Labute approximate surface area is 154 Å². The molecule has 0 saturated carbocycles. The molecule has 2 aromatic rings. The summed E-state index contributed by atoms with van der Waals surface area (Å²) < 4.78 is 5.30. The van der Waals surface area contributed by atoms with Crippen LogP contribution in [0.1, 0.15) is 46.3 Å². The van der Waals surface area contributed by atoms with Gasteiger partial charge in [0, 0.05) is 11.6 Å². The molecule has 4 heteroatoms. The van der Waals surface area contributed by atoms with Crippen LogP contribution in [0.5, 0.6) is 0 Å². The molecule has 3 atom stereocenters. The van der Waals surface area contributed by atoms with Crippen LogP contribution in [0.2, 0.25) is 0 Å². The van der Waals surface area contributed by atoms with Gasteiger partial charge >= 0.3 is 5.97 Å². The van der Waals surface area contributed by atoms with Crippen LogP contribution in [0.3, 0.4) is 0 Å². The quantitative estimate of drug-likeness (QED) is 0.487. The van der Waals surface area contributed by atoms with Gasteiger partial charge in [-0.3, -0.25) is 0 Å². The third kappa shape index (κ3) is 3.13. The first kappa shape index (κ1) is 16.9. The molecule has 0 bridgehead atoms. The summed E-state index contributed by atoms with van der Waals surface area (Å²) in [5.41, 5.74) is 9.66. The minimum absolute atomic E-state index is 0.273. The van der Waals surface area contributed by atoms with Gasteiger partial charge in [-0.25, -0.2) is 4.79 Å². The second kappa shape index (κ2) is 7.34. The van der Waals surface area contributed by atoms with Gasteiger partial charge in [0.25, 0.3) is 0 Å². The molecule has 1 heterocycles. The molecule has 3 N–H and O–H groups in total. The molecular formula is C22H24N2O2. The van der Waals surface area contributed by atoms with Crippen LogP contribution in [0.25, 0.3) is 0 Å². The Balaban J connectivity index is 1.62. The van der Waals surface area contributed by atoms with Crippen LogP contribution in [0.15, 0.2) is 60.7 Å². The summed E-state index contributed by atoms with van der Waals surface area (Å²) in [5, 5.41) is 3.69. The molecule has 2 aliphatic rings. The zero-order valence-electron chi connectivity index (χ0n) is 14.7. The van der Waals surface area contributed by atoms with Crippen molar-refractivity contribution in [3.63, 3.8) is 0 Å². The molecule has 0 saturated heterocycles. The maximum atomic E-state index is 12.3. The Morgan fingerprint density at radius 2 is 2.04 bits per heavy atom. The lowest BCUT2D eigenvalue weighted by Crippen LogP contribution is -2.29. The number of carbonyl (C=O) groups excluding carboxylic acids is 1. The number of hydrogen-bond donors (Lipinski definition) is 2. The highest BCUT2D eigenvalue weighted by molar-refractivity contribution is 5.90. The lowest BCUT2D eigenvalue weighted by atomic mass is 9.76. The van der Waals surface area contributed by atoms with Crippen LogP contribution in [-0.2, 0) is 4.74 Å². The van der Waals surface area contributed by atoms with Crippen LogP contribution >= 0.6 is 0 Å². The first-order valence-electron chi connectivity index (χ1n) is 9.27. The minimum Gasteiger partial charge on any atom is -0.462 e. The zero-order chi connectivity index (χ0) is 17.9. The first-order chi connectivity index (χ1) is 12.8. The van der Waals surface area contributed by atoms with Crippen LogP contribution in [0, 0.1) is 5.92 Å². The summed E-state index contributed by atoms with van der Waals surface area (Å²) in [6.45, 7) is 0.892. The Bertz CT molecular complexity index is 816. The number of rotatable bonds is 5. The van der Waals surface area contributed by atoms with Gasteiger partial charge < -0.3 is 15.8 Å². The number of carbonyl (C=O) groups is 1. The average molecular weight is 348 g/mol. The average Bonchev–Trinajstić information content (AvgIpc) is 3.18. The molecule has 4 rings (SSSR count). The summed E-state index contributed by atoms with van der Waals surface area (Å²) in [4.78, 5) is 12.3. The van der Waals surface area contributed by atoms with Crippen molar-refractivity contribution < 1.29 is 9.53 Å². The molecule has 2 aromatic carbocycles. The van der Waals surface area contributed by atoms with Crippen molar-refractivity contribution in [1.82, 2.24) is 0 Å². The van der Waals surface area contributed by atoms with Gasteiger partial charge in [0.2, 0.25) is 0 Å². The number of hydrogen-bond acceptors (Lipinski definition) is 4. The van der Waals surface area contributed by atoms with Gasteiger partial charge in [0.05, 0.1) is 18.2 Å². The van der Waals surface area contributed by atoms with E-state index >= 15 is 0 Å². The highest BCUT2D eigenvalue weighted by atomic mass is 16.5. The lowest BCUT2D eigenvalue weighted by Gasteiger charge is -2.37. The molecule has 0 aromatic heterocycles. The summed E-state index contributed by atoms with van der Waals surface area (Å²) in [6.07, 6.45) is 6.27. The van der Waals surface area contributed by atoms with Gasteiger partial charge in [0.15, 0.2) is 0 Å². The molecule has 1 aliphatic heterocycles. The largest absolute Gasteiger partial charge is 0.462 e. The van der Waals surface area contributed by atoms with E-state index in [0.29, 0.717) is 37.0 Å². The van der Waals surface area contributed by atoms with E-state index in [2.05, 4.69) is 41.7 Å². The molecule has 0 fully saturated rings. The molecule has 0 radical (unpaired) electrons. The summed E-state index contributed by atoms with van der Waals surface area (Å²) in [7, 11) is 0. The van der Waals surface area contributed by atoms with Crippen molar-refractivity contribution >= 4 is 11.7 Å². The topological polar surface area (TPSA) is 64.3 Å². The van der Waals surface area contributed by atoms with E-state index in [9.17, 15) is 4.79 Å². The Hall–Kier alpha value is -2.59. The monoisotopic (exact) mass is 348 g/mol. The smallest absolute Gasteiger partial charge is 0.338 e. The first-order valence-corrected chi connectivity index (χ1v) is 9.27. The molecule has 0 spiro atoms. The summed E-state index contributed by atoms with van der Waals surface area (Å²) in [5.74, 6) is 0.520. The van der Waals surface area contributed by atoms with Crippen LogP contribution < -0.4 is 11.1 Å². The normalized spacial score (nSPS) is 23.0. The number of allylic oxidation sites excluding steroid dienone is 2. The van der Waals surface area contributed by atoms with Crippen molar-refractivity contribution in [3.8, 4) is 0 Å². The van der Waals surface area contributed by atoms with Crippen molar-refractivity contribution in [2.24, 2.45) is 11.7 Å². The third-order valence-corrected chi connectivity index (χ3v) is 5.34. The predicted octanol–water partition coefficient (Wildman–Crippen LogP) is 4.02. The molecule has 3 unspecified atom stereocenters. The fourth-order valence-electron chi connectivity index (χ4n) is 4.04. The molecular weight excluding hydrogens is 324 g/mol. The second-order valence-electron chi connectivity index (χ2n) is 6.97. The zero-order valence-corrected chi connectivity index (χ0v) is 14.7.